The summed E-state index contributed by atoms with van der Waals surface area (Å²) in [5, 5.41) is 11.3. The lowest BCUT2D eigenvalue weighted by atomic mass is 9.96. The number of nitrogens with two attached hydrogens (primary N) is 1. The van der Waals surface area contributed by atoms with Crippen LogP contribution in [-0.4, -0.2) is 20.2 Å². The van der Waals surface area contributed by atoms with Crippen molar-refractivity contribution in [3.8, 4) is 0 Å². The van der Waals surface area contributed by atoms with Gasteiger partial charge in [0.15, 0.2) is 0 Å². The van der Waals surface area contributed by atoms with E-state index in [1.54, 1.807) is 0 Å². The second kappa shape index (κ2) is 1.86. The molecule has 0 amide bonds. The Labute approximate surface area is 76.3 Å². The summed E-state index contributed by atoms with van der Waals surface area (Å²) < 4.78 is 1.83. The van der Waals surface area contributed by atoms with Crippen LogP contribution in [0.5, 0.6) is 0 Å². The van der Waals surface area contributed by atoms with E-state index in [0.29, 0.717) is 11.4 Å². The van der Waals surface area contributed by atoms with Crippen molar-refractivity contribution in [3.05, 3.63) is 0 Å². The van der Waals surface area contributed by atoms with Crippen molar-refractivity contribution in [1.82, 2.24) is 20.2 Å². The lowest BCUT2D eigenvalue weighted by Gasteiger charge is -2.22. The van der Waals surface area contributed by atoms with E-state index in [1.807, 2.05) is 4.68 Å². The molecule has 0 atom stereocenters. The summed E-state index contributed by atoms with van der Waals surface area (Å²) in [5.74, 6) is 0.464. The highest BCUT2D eigenvalue weighted by Crippen LogP contribution is 2.68. The second-order valence-corrected chi connectivity index (χ2v) is 4.54. The maximum absolute atomic E-state index is 5.72. The van der Waals surface area contributed by atoms with Gasteiger partial charge in [0.1, 0.15) is 0 Å². The van der Waals surface area contributed by atoms with Gasteiger partial charge in [-0.2, -0.15) is 0 Å². The SMILES string of the molecule is CC1(C2(n3nnnc3N)CC2)CC1. The highest BCUT2D eigenvalue weighted by molar-refractivity contribution is 5.24. The summed E-state index contributed by atoms with van der Waals surface area (Å²) in [6.07, 6.45) is 4.93. The number of tetrazole rings is 1. The number of anilines is 1. The Balaban J connectivity index is 2.05. The average molecular weight is 179 g/mol. The number of hydrogen-bond donors (Lipinski definition) is 1. The van der Waals surface area contributed by atoms with E-state index in [9.17, 15) is 0 Å². The van der Waals surface area contributed by atoms with Crippen LogP contribution in [-0.2, 0) is 5.54 Å². The fraction of sp³-hybridized carbons (Fsp3) is 0.875. The Hall–Kier alpha value is -1.13. The van der Waals surface area contributed by atoms with Gasteiger partial charge in [-0.05, 0) is 41.5 Å². The summed E-state index contributed by atoms with van der Waals surface area (Å²) in [5.41, 5.74) is 6.30. The fourth-order valence-corrected chi connectivity index (χ4v) is 2.34. The van der Waals surface area contributed by atoms with Gasteiger partial charge >= 0.3 is 0 Å². The highest BCUT2D eigenvalue weighted by Gasteiger charge is 2.65. The van der Waals surface area contributed by atoms with Crippen molar-refractivity contribution in [2.24, 2.45) is 5.41 Å². The first-order chi connectivity index (χ1) is 6.18. The smallest absolute Gasteiger partial charge is 0.240 e. The summed E-state index contributed by atoms with van der Waals surface area (Å²) in [4.78, 5) is 0. The van der Waals surface area contributed by atoms with Crippen molar-refractivity contribution in [2.45, 2.75) is 38.1 Å². The number of hydrogen-bond acceptors (Lipinski definition) is 4. The number of nitrogen functional groups attached to an aromatic ring is 1. The first-order valence-corrected chi connectivity index (χ1v) is 4.72. The number of rotatable bonds is 2. The molecule has 1 heterocycles. The normalized spacial score (nSPS) is 27.2. The molecule has 0 aromatic carbocycles. The monoisotopic (exact) mass is 179 g/mol. The van der Waals surface area contributed by atoms with Crippen LogP contribution in [0.25, 0.3) is 0 Å². The number of nitrogens with zero attached hydrogens (tertiary/aromatic N) is 4. The van der Waals surface area contributed by atoms with Crippen LogP contribution in [0.4, 0.5) is 5.95 Å². The summed E-state index contributed by atoms with van der Waals surface area (Å²) in [6.45, 7) is 2.31. The minimum atomic E-state index is 0.167. The van der Waals surface area contributed by atoms with Gasteiger partial charge in [-0.3, -0.25) is 0 Å². The van der Waals surface area contributed by atoms with Crippen molar-refractivity contribution in [1.29, 1.82) is 0 Å². The number of aromatic nitrogens is 4. The molecule has 1 aromatic heterocycles. The van der Waals surface area contributed by atoms with E-state index < -0.39 is 0 Å². The molecule has 0 unspecified atom stereocenters. The Morgan fingerprint density at radius 3 is 2.38 bits per heavy atom. The molecule has 0 bridgehead atoms. The standard InChI is InChI=1S/C8H13N5/c1-7(2-3-7)8(4-5-8)13-6(9)10-11-12-13/h2-5H2,1H3,(H2,9,10,12). The fourth-order valence-electron chi connectivity index (χ4n) is 2.34. The molecule has 2 fully saturated rings. The Bertz CT molecular complexity index is 347. The first-order valence-electron chi connectivity index (χ1n) is 4.72. The maximum atomic E-state index is 5.72. The van der Waals surface area contributed by atoms with E-state index in [0.717, 1.165) is 0 Å². The van der Waals surface area contributed by atoms with Crippen molar-refractivity contribution < 1.29 is 0 Å². The molecule has 0 aliphatic heterocycles. The molecule has 5 heteroatoms. The Morgan fingerprint density at radius 1 is 1.31 bits per heavy atom. The van der Waals surface area contributed by atoms with Gasteiger partial charge in [0.05, 0.1) is 5.54 Å². The molecule has 13 heavy (non-hydrogen) atoms. The van der Waals surface area contributed by atoms with Crippen LogP contribution < -0.4 is 5.73 Å². The lowest BCUT2D eigenvalue weighted by Crippen LogP contribution is -2.29. The molecule has 3 rings (SSSR count). The van der Waals surface area contributed by atoms with Gasteiger partial charge < -0.3 is 5.73 Å². The third kappa shape index (κ3) is 0.745. The minimum Gasteiger partial charge on any atom is -0.367 e. The van der Waals surface area contributed by atoms with Crippen molar-refractivity contribution >= 4 is 5.95 Å². The van der Waals surface area contributed by atoms with Crippen LogP contribution in [0, 0.1) is 5.41 Å². The molecular formula is C8H13N5. The second-order valence-electron chi connectivity index (χ2n) is 4.54. The quantitative estimate of drug-likeness (QED) is 0.719. The molecule has 2 saturated carbocycles. The van der Waals surface area contributed by atoms with Crippen molar-refractivity contribution in [3.63, 3.8) is 0 Å². The Morgan fingerprint density at radius 2 is 2.00 bits per heavy atom. The molecule has 0 saturated heterocycles. The van der Waals surface area contributed by atoms with Gasteiger partial charge in [0.2, 0.25) is 5.95 Å². The van der Waals surface area contributed by atoms with Gasteiger partial charge in [-0.15, -0.1) is 0 Å². The van der Waals surface area contributed by atoms with E-state index in [1.165, 1.54) is 25.7 Å². The maximum Gasteiger partial charge on any atom is 0.240 e. The zero-order chi connectivity index (χ0) is 9.10. The van der Waals surface area contributed by atoms with Crippen LogP contribution in [0.3, 0.4) is 0 Å². The Kier molecular flexibility index (Phi) is 1.04. The van der Waals surface area contributed by atoms with E-state index in [2.05, 4.69) is 22.4 Å². The van der Waals surface area contributed by atoms with E-state index >= 15 is 0 Å². The molecule has 5 nitrogen and oxygen atoms in total. The third-order valence-corrected chi connectivity index (χ3v) is 3.75. The molecule has 2 N–H and O–H groups in total. The molecule has 70 valence electrons. The molecule has 0 spiro atoms. The molecule has 2 aliphatic rings. The van der Waals surface area contributed by atoms with Gasteiger partial charge in [0, 0.05) is 0 Å². The zero-order valence-electron chi connectivity index (χ0n) is 7.69. The molecule has 2 aliphatic carbocycles. The minimum absolute atomic E-state index is 0.167. The molecule has 0 radical (unpaired) electrons. The lowest BCUT2D eigenvalue weighted by molar-refractivity contribution is 0.276. The van der Waals surface area contributed by atoms with E-state index in [4.69, 9.17) is 5.73 Å². The summed E-state index contributed by atoms with van der Waals surface area (Å²) in [7, 11) is 0. The zero-order valence-corrected chi connectivity index (χ0v) is 7.69. The summed E-state index contributed by atoms with van der Waals surface area (Å²) >= 11 is 0. The largest absolute Gasteiger partial charge is 0.367 e. The van der Waals surface area contributed by atoms with Crippen LogP contribution in [0.1, 0.15) is 32.6 Å². The van der Waals surface area contributed by atoms with Gasteiger partial charge in [0.25, 0.3) is 0 Å². The van der Waals surface area contributed by atoms with Gasteiger partial charge in [-0.1, -0.05) is 12.0 Å². The van der Waals surface area contributed by atoms with Crippen LogP contribution in [0.15, 0.2) is 0 Å². The van der Waals surface area contributed by atoms with Crippen molar-refractivity contribution in [2.75, 3.05) is 5.73 Å². The predicted octanol–water partition coefficient (Wildman–Crippen LogP) is 0.544. The van der Waals surface area contributed by atoms with E-state index in [-0.39, 0.29) is 5.54 Å². The molecular weight excluding hydrogens is 166 g/mol. The topological polar surface area (TPSA) is 69.6 Å². The van der Waals surface area contributed by atoms with Crippen LogP contribution >= 0.6 is 0 Å². The van der Waals surface area contributed by atoms with Crippen LogP contribution in [0.2, 0.25) is 0 Å². The molecule has 1 aromatic rings. The first kappa shape index (κ1) is 7.29. The highest BCUT2D eigenvalue weighted by atomic mass is 15.6. The summed E-state index contributed by atoms with van der Waals surface area (Å²) in [6, 6.07) is 0. The predicted molar refractivity (Wildman–Crippen MR) is 46.8 cm³/mol. The van der Waals surface area contributed by atoms with Gasteiger partial charge in [-0.25, -0.2) is 4.68 Å². The third-order valence-electron chi connectivity index (χ3n) is 3.75. The average Bonchev–Trinajstić information content (AvgIpc) is 2.98.